The van der Waals surface area contributed by atoms with Gasteiger partial charge in [0.25, 0.3) is 5.91 Å². The lowest BCUT2D eigenvalue weighted by molar-refractivity contribution is -0.134. The highest BCUT2D eigenvalue weighted by molar-refractivity contribution is 5.98. The molecule has 1 aromatic carbocycles. The van der Waals surface area contributed by atoms with E-state index in [1.54, 1.807) is 31.4 Å². The first-order valence-corrected chi connectivity index (χ1v) is 11.1. The summed E-state index contributed by atoms with van der Waals surface area (Å²) in [5, 5.41) is 5.85. The standard InChI is InChI=1S/C24H37N3O4/c1-6-12-25-23(30)21(26-22(29)18-8-7-9-19(15-18)31-5)17-10-13-27(14-11-17)20(28)16-24(2,3)4/h7-9,15,17,21H,6,10-14,16H2,1-5H3,(H,25,30)(H,26,29)/t21-/m0/s1. The van der Waals surface area contributed by atoms with Crippen molar-refractivity contribution >= 4 is 17.7 Å². The molecule has 1 atom stereocenters. The van der Waals surface area contributed by atoms with Gasteiger partial charge in [-0.05, 0) is 48.8 Å². The van der Waals surface area contributed by atoms with Gasteiger partial charge in [-0.15, -0.1) is 0 Å². The molecule has 0 bridgehead atoms. The largest absolute Gasteiger partial charge is 0.497 e. The summed E-state index contributed by atoms with van der Waals surface area (Å²) in [6.07, 6.45) is 2.68. The van der Waals surface area contributed by atoms with Gasteiger partial charge in [-0.25, -0.2) is 0 Å². The number of piperidine rings is 1. The Hall–Kier alpha value is -2.57. The Morgan fingerprint density at radius 1 is 1.19 bits per heavy atom. The number of hydrogen-bond acceptors (Lipinski definition) is 4. The van der Waals surface area contributed by atoms with Gasteiger partial charge in [0.2, 0.25) is 11.8 Å². The van der Waals surface area contributed by atoms with Crippen LogP contribution in [-0.2, 0) is 9.59 Å². The number of amides is 3. The van der Waals surface area contributed by atoms with Gasteiger partial charge in [0, 0.05) is 31.6 Å². The van der Waals surface area contributed by atoms with Gasteiger partial charge in [0.1, 0.15) is 11.8 Å². The minimum Gasteiger partial charge on any atom is -0.497 e. The molecule has 1 aromatic rings. The quantitative estimate of drug-likeness (QED) is 0.662. The van der Waals surface area contributed by atoms with Gasteiger partial charge in [0.15, 0.2) is 0 Å². The molecule has 0 radical (unpaired) electrons. The summed E-state index contributed by atoms with van der Waals surface area (Å²) in [5.41, 5.74) is 0.395. The molecule has 7 nitrogen and oxygen atoms in total. The third-order valence-corrected chi connectivity index (χ3v) is 5.50. The van der Waals surface area contributed by atoms with E-state index in [9.17, 15) is 14.4 Å². The Balaban J connectivity index is 2.07. The zero-order valence-corrected chi connectivity index (χ0v) is 19.5. The summed E-state index contributed by atoms with van der Waals surface area (Å²) in [6.45, 7) is 9.93. The molecule has 31 heavy (non-hydrogen) atoms. The molecule has 0 unspecified atom stereocenters. The van der Waals surface area contributed by atoms with Crippen LogP contribution in [0.5, 0.6) is 5.75 Å². The maximum Gasteiger partial charge on any atom is 0.252 e. The van der Waals surface area contributed by atoms with Crippen molar-refractivity contribution in [3.63, 3.8) is 0 Å². The highest BCUT2D eigenvalue weighted by atomic mass is 16.5. The number of likely N-dealkylation sites (tertiary alicyclic amines) is 1. The minimum atomic E-state index is -0.634. The van der Waals surface area contributed by atoms with Crippen LogP contribution in [0.2, 0.25) is 0 Å². The highest BCUT2D eigenvalue weighted by Gasteiger charge is 2.34. The van der Waals surface area contributed by atoms with Crippen LogP contribution in [-0.4, -0.2) is 55.4 Å². The lowest BCUT2D eigenvalue weighted by Crippen LogP contribution is -2.54. The topological polar surface area (TPSA) is 87.7 Å². The van der Waals surface area contributed by atoms with Crippen molar-refractivity contribution in [3.8, 4) is 5.75 Å². The first-order valence-electron chi connectivity index (χ1n) is 11.1. The number of nitrogens with zero attached hydrogens (tertiary/aromatic N) is 1. The zero-order chi connectivity index (χ0) is 23.0. The summed E-state index contributed by atoms with van der Waals surface area (Å²) < 4.78 is 5.20. The van der Waals surface area contributed by atoms with Crippen LogP contribution in [0.1, 0.15) is 63.7 Å². The molecular weight excluding hydrogens is 394 g/mol. The number of ether oxygens (including phenoxy) is 1. The molecule has 1 aliphatic rings. The Labute approximate surface area is 185 Å². The van der Waals surface area contributed by atoms with Gasteiger partial charge in [-0.3, -0.25) is 14.4 Å². The number of methoxy groups -OCH3 is 1. The smallest absolute Gasteiger partial charge is 0.252 e. The third kappa shape index (κ3) is 7.56. The van der Waals surface area contributed by atoms with Crippen molar-refractivity contribution < 1.29 is 19.1 Å². The molecule has 2 N–H and O–H groups in total. The first kappa shape index (κ1) is 24.7. The fourth-order valence-corrected chi connectivity index (χ4v) is 3.79. The molecule has 1 fully saturated rings. The first-order chi connectivity index (χ1) is 14.6. The summed E-state index contributed by atoms with van der Waals surface area (Å²) in [5.74, 6) is 0.244. The van der Waals surface area contributed by atoms with E-state index in [0.717, 1.165) is 6.42 Å². The maximum atomic E-state index is 12.9. The van der Waals surface area contributed by atoms with E-state index in [0.29, 0.717) is 50.2 Å². The average molecular weight is 432 g/mol. The lowest BCUT2D eigenvalue weighted by Gasteiger charge is -2.36. The summed E-state index contributed by atoms with van der Waals surface area (Å²) in [7, 11) is 1.55. The normalized spacial score (nSPS) is 15.8. The van der Waals surface area contributed by atoms with Crippen LogP contribution in [0.15, 0.2) is 24.3 Å². The average Bonchev–Trinajstić information content (AvgIpc) is 2.74. The second kappa shape index (κ2) is 11.2. The van der Waals surface area contributed by atoms with Crippen LogP contribution in [0, 0.1) is 11.3 Å². The Morgan fingerprint density at radius 3 is 2.45 bits per heavy atom. The molecule has 0 aromatic heterocycles. The van der Waals surface area contributed by atoms with Crippen LogP contribution in [0.3, 0.4) is 0 Å². The number of carbonyl (C=O) groups is 3. The minimum absolute atomic E-state index is 0.0231. The van der Waals surface area contributed by atoms with Crippen molar-refractivity contribution in [2.75, 3.05) is 26.7 Å². The Bertz CT molecular complexity index is 764. The second-order valence-corrected chi connectivity index (χ2v) is 9.43. The lowest BCUT2D eigenvalue weighted by atomic mass is 9.87. The SMILES string of the molecule is CCCNC(=O)[C@@H](NC(=O)c1cccc(OC)c1)C1CCN(C(=O)CC(C)(C)C)CC1. The van der Waals surface area contributed by atoms with Gasteiger partial charge in [0.05, 0.1) is 7.11 Å². The summed E-state index contributed by atoms with van der Waals surface area (Å²) in [4.78, 5) is 40.2. The fourth-order valence-electron chi connectivity index (χ4n) is 3.79. The molecule has 2 rings (SSSR count). The van der Waals surface area contributed by atoms with Gasteiger partial charge < -0.3 is 20.3 Å². The Morgan fingerprint density at radius 2 is 1.87 bits per heavy atom. The second-order valence-electron chi connectivity index (χ2n) is 9.43. The number of carbonyl (C=O) groups excluding carboxylic acids is 3. The van der Waals surface area contributed by atoms with Gasteiger partial charge in [-0.1, -0.05) is 33.8 Å². The number of nitrogens with one attached hydrogen (secondary N) is 2. The van der Waals surface area contributed by atoms with E-state index in [2.05, 4.69) is 31.4 Å². The summed E-state index contributed by atoms with van der Waals surface area (Å²) in [6, 6.07) is 6.24. The molecule has 0 saturated carbocycles. The number of benzene rings is 1. The zero-order valence-electron chi connectivity index (χ0n) is 19.5. The molecule has 1 saturated heterocycles. The van der Waals surface area contributed by atoms with Crippen LogP contribution in [0.4, 0.5) is 0 Å². The highest BCUT2D eigenvalue weighted by Crippen LogP contribution is 2.25. The predicted octanol–water partition coefficient (Wildman–Crippen LogP) is 2.99. The van der Waals surface area contributed by atoms with Crippen LogP contribution in [0.25, 0.3) is 0 Å². The van der Waals surface area contributed by atoms with Crippen molar-refractivity contribution in [2.24, 2.45) is 11.3 Å². The van der Waals surface area contributed by atoms with E-state index in [-0.39, 0.29) is 29.1 Å². The molecule has 1 heterocycles. The maximum absolute atomic E-state index is 12.9. The molecule has 7 heteroatoms. The van der Waals surface area contributed by atoms with Crippen LogP contribution >= 0.6 is 0 Å². The molecule has 0 spiro atoms. The van der Waals surface area contributed by atoms with Crippen molar-refractivity contribution in [1.29, 1.82) is 0 Å². The van der Waals surface area contributed by atoms with Crippen molar-refractivity contribution in [3.05, 3.63) is 29.8 Å². The van der Waals surface area contributed by atoms with Crippen LogP contribution < -0.4 is 15.4 Å². The molecule has 1 aliphatic heterocycles. The predicted molar refractivity (Wildman–Crippen MR) is 121 cm³/mol. The molecule has 0 aliphatic carbocycles. The molecular formula is C24H37N3O4. The number of rotatable bonds is 8. The van der Waals surface area contributed by atoms with E-state index in [1.165, 1.54) is 0 Å². The monoisotopic (exact) mass is 431 g/mol. The van der Waals surface area contributed by atoms with Gasteiger partial charge >= 0.3 is 0 Å². The fraction of sp³-hybridized carbons (Fsp3) is 0.625. The van der Waals surface area contributed by atoms with Crippen molar-refractivity contribution in [1.82, 2.24) is 15.5 Å². The van der Waals surface area contributed by atoms with E-state index < -0.39 is 6.04 Å². The number of hydrogen-bond donors (Lipinski definition) is 2. The van der Waals surface area contributed by atoms with E-state index in [4.69, 9.17) is 4.74 Å². The van der Waals surface area contributed by atoms with Gasteiger partial charge in [-0.2, -0.15) is 0 Å². The van der Waals surface area contributed by atoms with E-state index in [1.807, 2.05) is 11.8 Å². The molecule has 3 amide bonds. The van der Waals surface area contributed by atoms with E-state index >= 15 is 0 Å². The Kier molecular flexibility index (Phi) is 8.89. The summed E-state index contributed by atoms with van der Waals surface area (Å²) >= 11 is 0. The van der Waals surface area contributed by atoms with Crippen molar-refractivity contribution in [2.45, 2.75) is 59.4 Å². The third-order valence-electron chi connectivity index (χ3n) is 5.50. The molecule has 172 valence electrons.